The Morgan fingerprint density at radius 1 is 1.13 bits per heavy atom. The molecule has 7 nitrogen and oxygen atoms in total. The molecule has 0 spiro atoms. The molecule has 1 aliphatic heterocycles. The zero-order chi connectivity index (χ0) is 20.3. The van der Waals surface area contributed by atoms with Crippen molar-refractivity contribution in [2.24, 2.45) is 5.92 Å². The number of likely N-dealkylation sites (tertiary alicyclic amines) is 1. The van der Waals surface area contributed by atoms with Crippen LogP contribution in [0.2, 0.25) is 0 Å². The number of amides is 1. The number of aromatic nitrogens is 5. The summed E-state index contributed by atoms with van der Waals surface area (Å²) < 4.78 is 0. The first-order chi connectivity index (χ1) is 14.8. The van der Waals surface area contributed by atoms with E-state index in [0.29, 0.717) is 11.5 Å². The third-order valence-corrected chi connectivity index (χ3v) is 5.61. The average Bonchev–Trinajstić information content (AvgIpc) is 3.34. The maximum atomic E-state index is 13.1. The topological polar surface area (TPSA) is 87.7 Å². The van der Waals surface area contributed by atoms with Crippen LogP contribution in [0.4, 0.5) is 0 Å². The van der Waals surface area contributed by atoms with E-state index >= 15 is 0 Å². The Hall–Kier alpha value is -3.61. The first-order valence-electron chi connectivity index (χ1n) is 10.2. The van der Waals surface area contributed by atoms with E-state index in [-0.39, 0.29) is 5.91 Å². The highest BCUT2D eigenvalue weighted by molar-refractivity contribution is 5.97. The molecule has 1 amide bonds. The van der Waals surface area contributed by atoms with Crippen LogP contribution in [0, 0.1) is 5.92 Å². The standard InChI is InChI=1S/C23H22N6O/c30-23(18-11-17-5-1-2-6-20(17)26-13-18)29-9-3-4-16(14-29)10-19-12-21(28-15-27-19)22-24-7-8-25-22/h1-2,5-8,11-13,15-16H,3-4,9-10,14H2,(H,24,25). The van der Waals surface area contributed by atoms with Gasteiger partial charge in [0.2, 0.25) is 0 Å². The van der Waals surface area contributed by atoms with Gasteiger partial charge < -0.3 is 9.88 Å². The van der Waals surface area contributed by atoms with Crippen molar-refractivity contribution in [3.8, 4) is 11.5 Å². The minimum absolute atomic E-state index is 0.0527. The smallest absolute Gasteiger partial charge is 0.255 e. The highest BCUT2D eigenvalue weighted by Gasteiger charge is 2.25. The summed E-state index contributed by atoms with van der Waals surface area (Å²) in [5, 5.41) is 0.989. The number of piperidine rings is 1. The predicted octanol–water partition coefficient (Wildman–Crippen LogP) is 3.51. The van der Waals surface area contributed by atoms with Gasteiger partial charge in [0.05, 0.1) is 11.1 Å². The minimum Gasteiger partial charge on any atom is -0.343 e. The fourth-order valence-electron chi connectivity index (χ4n) is 4.13. The summed E-state index contributed by atoms with van der Waals surface area (Å²) in [5.74, 6) is 1.16. The molecule has 0 saturated carbocycles. The van der Waals surface area contributed by atoms with Gasteiger partial charge in [0, 0.05) is 42.8 Å². The van der Waals surface area contributed by atoms with E-state index in [0.717, 1.165) is 60.5 Å². The van der Waals surface area contributed by atoms with Crippen LogP contribution >= 0.6 is 0 Å². The molecule has 150 valence electrons. The van der Waals surface area contributed by atoms with E-state index in [1.54, 1.807) is 24.9 Å². The number of para-hydroxylation sites is 1. The van der Waals surface area contributed by atoms with Crippen LogP contribution in [0.25, 0.3) is 22.4 Å². The quantitative estimate of drug-likeness (QED) is 0.568. The average molecular weight is 398 g/mol. The summed E-state index contributed by atoms with van der Waals surface area (Å²) >= 11 is 0. The minimum atomic E-state index is 0.0527. The van der Waals surface area contributed by atoms with Crippen LogP contribution in [-0.2, 0) is 6.42 Å². The molecule has 1 saturated heterocycles. The van der Waals surface area contributed by atoms with E-state index in [1.165, 1.54) is 0 Å². The van der Waals surface area contributed by atoms with E-state index in [9.17, 15) is 4.79 Å². The van der Waals surface area contributed by atoms with Crippen molar-refractivity contribution in [2.75, 3.05) is 13.1 Å². The number of benzene rings is 1. The number of carbonyl (C=O) groups is 1. The normalized spacial score (nSPS) is 16.7. The Bertz CT molecular complexity index is 1170. The SMILES string of the molecule is O=C(c1cnc2ccccc2c1)N1CCCC(Cc2cc(-c3ncc[nH]3)ncn2)C1. The predicted molar refractivity (Wildman–Crippen MR) is 114 cm³/mol. The van der Waals surface area contributed by atoms with Gasteiger partial charge in [0.1, 0.15) is 12.0 Å². The van der Waals surface area contributed by atoms with E-state index in [4.69, 9.17) is 0 Å². The molecule has 1 atom stereocenters. The third kappa shape index (κ3) is 3.78. The monoisotopic (exact) mass is 398 g/mol. The molecule has 7 heteroatoms. The van der Waals surface area contributed by atoms with Gasteiger partial charge in [-0.05, 0) is 43.4 Å². The Kier molecular flexibility index (Phi) is 4.93. The lowest BCUT2D eigenvalue weighted by Gasteiger charge is -2.32. The number of hydrogen-bond acceptors (Lipinski definition) is 5. The lowest BCUT2D eigenvalue weighted by atomic mass is 9.92. The van der Waals surface area contributed by atoms with Crippen molar-refractivity contribution in [1.82, 2.24) is 29.8 Å². The van der Waals surface area contributed by atoms with Gasteiger partial charge in [-0.15, -0.1) is 0 Å². The zero-order valence-corrected chi connectivity index (χ0v) is 16.5. The number of H-pyrrole nitrogens is 1. The van der Waals surface area contributed by atoms with Crippen LogP contribution in [-0.4, -0.2) is 48.8 Å². The maximum Gasteiger partial charge on any atom is 0.255 e. The fourth-order valence-corrected chi connectivity index (χ4v) is 4.13. The number of rotatable bonds is 4. The Morgan fingerprint density at radius 3 is 2.97 bits per heavy atom. The number of fused-ring (bicyclic) bond motifs is 1. The second-order valence-electron chi connectivity index (χ2n) is 7.71. The summed E-state index contributed by atoms with van der Waals surface area (Å²) in [7, 11) is 0. The van der Waals surface area contributed by atoms with Crippen molar-refractivity contribution in [3.63, 3.8) is 0 Å². The summed E-state index contributed by atoms with van der Waals surface area (Å²) in [6.07, 6.45) is 9.66. The van der Waals surface area contributed by atoms with Gasteiger partial charge in [0.25, 0.3) is 5.91 Å². The van der Waals surface area contributed by atoms with Crippen molar-refractivity contribution < 1.29 is 4.79 Å². The van der Waals surface area contributed by atoms with Crippen molar-refractivity contribution >= 4 is 16.8 Å². The first-order valence-corrected chi connectivity index (χ1v) is 10.2. The number of nitrogens with zero attached hydrogens (tertiary/aromatic N) is 5. The molecule has 0 aliphatic carbocycles. The van der Waals surface area contributed by atoms with Crippen LogP contribution < -0.4 is 0 Å². The largest absolute Gasteiger partial charge is 0.343 e. The van der Waals surface area contributed by atoms with Crippen molar-refractivity contribution in [1.29, 1.82) is 0 Å². The van der Waals surface area contributed by atoms with E-state index < -0.39 is 0 Å². The van der Waals surface area contributed by atoms with Gasteiger partial charge >= 0.3 is 0 Å². The zero-order valence-electron chi connectivity index (χ0n) is 16.5. The molecular formula is C23H22N6O. The fraction of sp³-hybridized carbons (Fsp3) is 0.261. The van der Waals surface area contributed by atoms with Gasteiger partial charge in [0.15, 0.2) is 5.82 Å². The number of hydrogen-bond donors (Lipinski definition) is 1. The second-order valence-corrected chi connectivity index (χ2v) is 7.71. The number of pyridine rings is 1. The lowest BCUT2D eigenvalue weighted by molar-refractivity contribution is 0.0672. The molecule has 0 radical (unpaired) electrons. The Labute approximate surface area is 174 Å². The molecule has 1 aromatic carbocycles. The van der Waals surface area contributed by atoms with Crippen molar-refractivity contribution in [2.45, 2.75) is 19.3 Å². The van der Waals surface area contributed by atoms with Gasteiger partial charge in [-0.2, -0.15) is 0 Å². The van der Waals surface area contributed by atoms with E-state index in [1.807, 2.05) is 41.3 Å². The van der Waals surface area contributed by atoms with Crippen LogP contribution in [0.15, 0.2) is 61.3 Å². The number of carbonyl (C=O) groups excluding carboxylic acids is 1. The molecule has 1 unspecified atom stereocenters. The second kappa shape index (κ2) is 8.02. The lowest BCUT2D eigenvalue weighted by Crippen LogP contribution is -2.40. The van der Waals surface area contributed by atoms with Crippen LogP contribution in [0.3, 0.4) is 0 Å². The van der Waals surface area contributed by atoms with Crippen LogP contribution in [0.5, 0.6) is 0 Å². The summed E-state index contributed by atoms with van der Waals surface area (Å²) in [6, 6.07) is 11.8. The number of nitrogens with one attached hydrogen (secondary N) is 1. The Balaban J connectivity index is 1.30. The van der Waals surface area contributed by atoms with Crippen LogP contribution in [0.1, 0.15) is 28.9 Å². The molecule has 1 aliphatic rings. The highest BCUT2D eigenvalue weighted by atomic mass is 16.2. The summed E-state index contributed by atoms with van der Waals surface area (Å²) in [6.45, 7) is 1.51. The van der Waals surface area contributed by atoms with Gasteiger partial charge in [-0.3, -0.25) is 9.78 Å². The van der Waals surface area contributed by atoms with E-state index in [2.05, 4.69) is 24.9 Å². The Morgan fingerprint density at radius 2 is 2.07 bits per heavy atom. The molecule has 3 aromatic heterocycles. The van der Waals surface area contributed by atoms with Gasteiger partial charge in [-0.25, -0.2) is 15.0 Å². The molecule has 0 bridgehead atoms. The summed E-state index contributed by atoms with van der Waals surface area (Å²) in [4.78, 5) is 35.6. The highest BCUT2D eigenvalue weighted by Crippen LogP contribution is 2.23. The molecule has 1 fully saturated rings. The number of imidazole rings is 1. The molecule has 1 N–H and O–H groups in total. The van der Waals surface area contributed by atoms with Gasteiger partial charge in [-0.1, -0.05) is 18.2 Å². The molecule has 4 heterocycles. The molecule has 5 rings (SSSR count). The first kappa shape index (κ1) is 18.4. The third-order valence-electron chi connectivity index (χ3n) is 5.61. The molecular weight excluding hydrogens is 376 g/mol. The molecule has 4 aromatic rings. The summed E-state index contributed by atoms with van der Waals surface area (Å²) in [5.41, 5.74) is 3.32. The number of aromatic amines is 1. The van der Waals surface area contributed by atoms with Crippen molar-refractivity contribution in [3.05, 3.63) is 72.6 Å². The molecule has 30 heavy (non-hydrogen) atoms. The maximum absolute atomic E-state index is 13.1.